The van der Waals surface area contributed by atoms with Crippen molar-refractivity contribution in [2.45, 2.75) is 6.92 Å². The second-order valence-electron chi connectivity index (χ2n) is 4.19. The average molecular weight is 300 g/mol. The third-order valence-corrected chi connectivity index (χ3v) is 4.37. The Morgan fingerprint density at radius 1 is 1.35 bits per heavy atom. The van der Waals surface area contributed by atoms with Crippen molar-refractivity contribution in [3.63, 3.8) is 0 Å². The number of anilines is 1. The quantitative estimate of drug-likeness (QED) is 0.689. The van der Waals surface area contributed by atoms with Gasteiger partial charge in [-0.1, -0.05) is 13.0 Å². The highest BCUT2D eigenvalue weighted by Crippen LogP contribution is 2.16. The zero-order valence-corrected chi connectivity index (χ0v) is 12.5. The van der Waals surface area contributed by atoms with Gasteiger partial charge in [-0.25, -0.2) is 8.42 Å². The summed E-state index contributed by atoms with van der Waals surface area (Å²) in [6, 6.07) is 7.01. The normalized spacial score (nSPS) is 11.1. The Bertz CT molecular complexity index is 543. The smallest absolute Gasteiger partial charge is 0.238 e. The fourth-order valence-corrected chi connectivity index (χ4v) is 2.22. The van der Waals surface area contributed by atoms with Gasteiger partial charge in [-0.15, -0.1) is 0 Å². The molecule has 0 atom stereocenters. The molecule has 0 spiro atoms. The first-order valence-corrected chi connectivity index (χ1v) is 8.14. The Kier molecular flexibility index (Phi) is 6.47. The molecule has 20 heavy (non-hydrogen) atoms. The molecule has 0 heterocycles. The Hall–Kier alpha value is -1.60. The summed E-state index contributed by atoms with van der Waals surface area (Å²) in [7, 11) is -1.44. The van der Waals surface area contributed by atoms with E-state index in [1.54, 1.807) is 38.3 Å². The van der Waals surface area contributed by atoms with Crippen LogP contribution in [0.4, 0.5) is 5.69 Å². The van der Waals surface area contributed by atoms with Crippen LogP contribution in [0, 0.1) is 0 Å². The van der Waals surface area contributed by atoms with Gasteiger partial charge in [0, 0.05) is 24.1 Å². The van der Waals surface area contributed by atoms with Crippen LogP contribution in [0.3, 0.4) is 0 Å². The summed E-state index contributed by atoms with van der Waals surface area (Å²) in [4.78, 5) is 11.6. The van der Waals surface area contributed by atoms with Crippen LogP contribution in [-0.4, -0.2) is 46.0 Å². The minimum Gasteiger partial charge on any atom is -0.497 e. The highest BCUT2D eigenvalue weighted by molar-refractivity contribution is 7.91. The summed E-state index contributed by atoms with van der Waals surface area (Å²) >= 11 is 0. The monoisotopic (exact) mass is 300 g/mol. The molecule has 0 aliphatic rings. The summed E-state index contributed by atoms with van der Waals surface area (Å²) in [5.74, 6) is 0.581. The molecule has 1 aromatic rings. The number of rotatable bonds is 8. The summed E-state index contributed by atoms with van der Waals surface area (Å²) in [5.41, 5.74) is 0.636. The number of nitrogens with one attached hydrogen (secondary N) is 2. The van der Waals surface area contributed by atoms with Gasteiger partial charge in [0.15, 0.2) is 9.84 Å². The number of methoxy groups -OCH3 is 1. The topological polar surface area (TPSA) is 84.5 Å². The van der Waals surface area contributed by atoms with Crippen LogP contribution in [0.1, 0.15) is 6.92 Å². The Morgan fingerprint density at radius 2 is 2.10 bits per heavy atom. The molecule has 0 saturated heterocycles. The molecule has 1 aromatic carbocycles. The van der Waals surface area contributed by atoms with E-state index in [1.807, 2.05) is 0 Å². The van der Waals surface area contributed by atoms with Crippen molar-refractivity contribution in [1.82, 2.24) is 5.32 Å². The number of hydrogen-bond donors (Lipinski definition) is 2. The number of benzene rings is 1. The third kappa shape index (κ3) is 6.03. The van der Waals surface area contributed by atoms with E-state index in [2.05, 4.69) is 10.6 Å². The Morgan fingerprint density at radius 3 is 2.75 bits per heavy atom. The van der Waals surface area contributed by atoms with Gasteiger partial charge in [0.2, 0.25) is 5.91 Å². The molecule has 7 heteroatoms. The first kappa shape index (κ1) is 16.5. The van der Waals surface area contributed by atoms with Crippen LogP contribution in [0.2, 0.25) is 0 Å². The van der Waals surface area contributed by atoms with Gasteiger partial charge in [-0.2, -0.15) is 0 Å². The third-order valence-electron chi connectivity index (χ3n) is 2.67. The van der Waals surface area contributed by atoms with E-state index in [1.165, 1.54) is 0 Å². The molecule has 2 N–H and O–H groups in total. The van der Waals surface area contributed by atoms with Gasteiger partial charge < -0.3 is 15.4 Å². The molecule has 0 saturated carbocycles. The molecule has 0 bridgehead atoms. The highest BCUT2D eigenvalue weighted by Gasteiger charge is 2.07. The number of hydrogen-bond acceptors (Lipinski definition) is 5. The molecule has 6 nitrogen and oxygen atoms in total. The number of carbonyl (C=O) groups excluding carboxylic acids is 1. The van der Waals surface area contributed by atoms with Gasteiger partial charge in [0.05, 0.1) is 19.4 Å². The van der Waals surface area contributed by atoms with E-state index in [0.717, 1.165) is 0 Å². The minimum atomic E-state index is -3.00. The van der Waals surface area contributed by atoms with E-state index in [-0.39, 0.29) is 30.5 Å². The average Bonchev–Trinajstić information content (AvgIpc) is 2.44. The zero-order valence-electron chi connectivity index (χ0n) is 11.7. The molecule has 1 amide bonds. The predicted molar refractivity (Wildman–Crippen MR) is 78.8 cm³/mol. The van der Waals surface area contributed by atoms with E-state index >= 15 is 0 Å². The molecule has 0 unspecified atom stereocenters. The number of carbonyl (C=O) groups is 1. The fraction of sp³-hybridized carbons (Fsp3) is 0.462. The fourth-order valence-electron chi connectivity index (χ4n) is 1.48. The molecule has 0 fully saturated rings. The number of ether oxygens (including phenoxy) is 1. The van der Waals surface area contributed by atoms with Crippen molar-refractivity contribution in [3.8, 4) is 5.75 Å². The van der Waals surface area contributed by atoms with Crippen LogP contribution in [0.5, 0.6) is 5.75 Å². The lowest BCUT2D eigenvalue weighted by molar-refractivity contribution is -0.115. The summed E-state index contributed by atoms with van der Waals surface area (Å²) in [6.07, 6.45) is 0. The highest BCUT2D eigenvalue weighted by atomic mass is 32.2. The van der Waals surface area contributed by atoms with Crippen molar-refractivity contribution >= 4 is 21.4 Å². The Labute approximate surface area is 119 Å². The largest absolute Gasteiger partial charge is 0.497 e. The first-order chi connectivity index (χ1) is 9.46. The summed E-state index contributed by atoms with van der Waals surface area (Å²) < 4.78 is 27.6. The van der Waals surface area contributed by atoms with E-state index < -0.39 is 9.84 Å². The maximum Gasteiger partial charge on any atom is 0.238 e. The SMILES string of the molecule is CCS(=O)(=O)CCNCC(=O)Nc1cccc(OC)c1. The van der Waals surface area contributed by atoms with E-state index in [0.29, 0.717) is 11.4 Å². The van der Waals surface area contributed by atoms with Crippen LogP contribution in [0.25, 0.3) is 0 Å². The molecule has 0 radical (unpaired) electrons. The van der Waals surface area contributed by atoms with Crippen LogP contribution >= 0.6 is 0 Å². The molecule has 112 valence electrons. The van der Waals surface area contributed by atoms with Gasteiger partial charge in [0.25, 0.3) is 0 Å². The van der Waals surface area contributed by atoms with Crippen LogP contribution in [0.15, 0.2) is 24.3 Å². The lowest BCUT2D eigenvalue weighted by Crippen LogP contribution is -2.31. The molecular formula is C13H20N2O4S. The molecule has 0 aliphatic carbocycles. The second-order valence-corrected chi connectivity index (χ2v) is 6.67. The lowest BCUT2D eigenvalue weighted by Gasteiger charge is -2.08. The number of sulfone groups is 1. The first-order valence-electron chi connectivity index (χ1n) is 6.32. The van der Waals surface area contributed by atoms with Crippen molar-refractivity contribution in [2.24, 2.45) is 0 Å². The molecule has 1 rings (SSSR count). The van der Waals surface area contributed by atoms with Gasteiger partial charge in [0.1, 0.15) is 5.75 Å². The van der Waals surface area contributed by atoms with Crippen LogP contribution in [-0.2, 0) is 14.6 Å². The van der Waals surface area contributed by atoms with Crippen LogP contribution < -0.4 is 15.4 Å². The Balaban J connectivity index is 2.33. The van der Waals surface area contributed by atoms with E-state index in [4.69, 9.17) is 4.74 Å². The molecular weight excluding hydrogens is 280 g/mol. The van der Waals surface area contributed by atoms with Gasteiger partial charge >= 0.3 is 0 Å². The zero-order chi connectivity index (χ0) is 15.0. The van der Waals surface area contributed by atoms with Gasteiger partial charge in [-0.05, 0) is 12.1 Å². The second kappa shape index (κ2) is 7.86. The molecule has 0 aliphatic heterocycles. The number of amides is 1. The maximum atomic E-state index is 11.6. The van der Waals surface area contributed by atoms with Crippen molar-refractivity contribution in [2.75, 3.05) is 37.0 Å². The van der Waals surface area contributed by atoms with Gasteiger partial charge in [-0.3, -0.25) is 4.79 Å². The van der Waals surface area contributed by atoms with Crippen molar-refractivity contribution in [1.29, 1.82) is 0 Å². The van der Waals surface area contributed by atoms with Crippen molar-refractivity contribution in [3.05, 3.63) is 24.3 Å². The lowest BCUT2D eigenvalue weighted by atomic mass is 10.3. The summed E-state index contributed by atoms with van der Waals surface area (Å²) in [5, 5.41) is 5.50. The van der Waals surface area contributed by atoms with E-state index in [9.17, 15) is 13.2 Å². The molecule has 0 aromatic heterocycles. The van der Waals surface area contributed by atoms with Crippen molar-refractivity contribution < 1.29 is 17.9 Å². The summed E-state index contributed by atoms with van der Waals surface area (Å²) in [6.45, 7) is 1.93. The maximum absolute atomic E-state index is 11.6. The predicted octanol–water partition coefficient (Wildman–Crippen LogP) is 0.658. The standard InChI is InChI=1S/C13H20N2O4S/c1-3-20(17,18)8-7-14-10-13(16)15-11-5-4-6-12(9-11)19-2/h4-6,9,14H,3,7-8,10H2,1-2H3,(H,15,16). The minimum absolute atomic E-state index is 0.0376.